The number of methoxy groups -OCH3 is 1. The summed E-state index contributed by atoms with van der Waals surface area (Å²) < 4.78 is 62.0. The fourth-order valence-corrected chi connectivity index (χ4v) is 3.81. The molecule has 0 radical (unpaired) electrons. The first-order valence-electron chi connectivity index (χ1n) is 10.5. The van der Waals surface area contributed by atoms with E-state index in [2.05, 4.69) is 10.1 Å². The molecule has 1 atom stereocenters. The Kier molecular flexibility index (Phi) is 8.32. The zero-order valence-electron chi connectivity index (χ0n) is 18.4. The smallest absolute Gasteiger partial charge is 0.387 e. The van der Waals surface area contributed by atoms with Crippen LogP contribution >= 0.6 is 0 Å². The first-order chi connectivity index (χ1) is 15.8. The van der Waals surface area contributed by atoms with Crippen molar-refractivity contribution in [2.75, 3.05) is 26.7 Å². The van der Waals surface area contributed by atoms with Crippen molar-refractivity contribution in [2.24, 2.45) is 0 Å². The highest BCUT2D eigenvalue weighted by Gasteiger charge is 2.24. The van der Waals surface area contributed by atoms with E-state index in [1.165, 1.54) is 37.4 Å². The van der Waals surface area contributed by atoms with E-state index < -0.39 is 18.2 Å². The number of carbonyl (C=O) groups is 1. The maximum Gasteiger partial charge on any atom is 0.387 e. The Labute approximate surface area is 190 Å². The molecule has 3 rings (SSSR count). The fraction of sp³-hybridized carbons (Fsp3) is 0.375. The van der Waals surface area contributed by atoms with Crippen molar-refractivity contribution in [3.63, 3.8) is 0 Å². The molecule has 5 nitrogen and oxygen atoms in total. The van der Waals surface area contributed by atoms with Crippen LogP contribution in [0.1, 0.15) is 35.7 Å². The third-order valence-electron chi connectivity index (χ3n) is 5.32. The Morgan fingerprint density at radius 3 is 2.64 bits per heavy atom. The standard InChI is InChI=1S/C24H26F4N2O3/c1-15(10-16-5-7-18(25)12-20(16)26)13-30(14-19-4-3-9-29-19)23(31)17-6-8-21(33-24(27)28)22(11-17)32-2/h5-8,10-12,19,24,29H,3-4,9,13-14H2,1-2H3/b15-10+. The van der Waals surface area contributed by atoms with Gasteiger partial charge >= 0.3 is 6.61 Å². The molecule has 1 heterocycles. The molecule has 0 aliphatic carbocycles. The van der Waals surface area contributed by atoms with Gasteiger partial charge in [-0.3, -0.25) is 4.79 Å². The molecule has 1 amide bonds. The maximum atomic E-state index is 14.1. The predicted octanol–water partition coefficient (Wildman–Crippen LogP) is 4.87. The number of hydrogen-bond acceptors (Lipinski definition) is 4. The molecule has 1 N–H and O–H groups in total. The second kappa shape index (κ2) is 11.2. The number of benzene rings is 2. The molecule has 1 fully saturated rings. The minimum absolute atomic E-state index is 0.0146. The molecule has 1 aliphatic rings. The van der Waals surface area contributed by atoms with Crippen LogP contribution in [0.5, 0.6) is 11.5 Å². The van der Waals surface area contributed by atoms with Gasteiger partial charge in [0, 0.05) is 36.3 Å². The van der Waals surface area contributed by atoms with Gasteiger partial charge < -0.3 is 19.7 Å². The van der Waals surface area contributed by atoms with Gasteiger partial charge in [-0.05, 0) is 56.6 Å². The molecule has 0 bridgehead atoms. The van der Waals surface area contributed by atoms with Crippen LogP contribution in [0.25, 0.3) is 6.08 Å². The molecule has 178 valence electrons. The van der Waals surface area contributed by atoms with Crippen LogP contribution in [0, 0.1) is 11.6 Å². The molecule has 1 aliphatic heterocycles. The van der Waals surface area contributed by atoms with Crippen molar-refractivity contribution >= 4 is 12.0 Å². The lowest BCUT2D eigenvalue weighted by molar-refractivity contribution is -0.0512. The lowest BCUT2D eigenvalue weighted by Gasteiger charge is -2.27. The Morgan fingerprint density at radius 2 is 2.00 bits per heavy atom. The van der Waals surface area contributed by atoms with Crippen LogP contribution < -0.4 is 14.8 Å². The highest BCUT2D eigenvalue weighted by molar-refractivity contribution is 5.95. The molecular formula is C24H26F4N2O3. The van der Waals surface area contributed by atoms with Gasteiger partial charge in [-0.2, -0.15) is 8.78 Å². The second-order valence-corrected chi connectivity index (χ2v) is 7.88. The number of hydrogen-bond donors (Lipinski definition) is 1. The van der Waals surface area contributed by atoms with Crippen LogP contribution in [0.2, 0.25) is 0 Å². The van der Waals surface area contributed by atoms with E-state index in [0.29, 0.717) is 12.1 Å². The number of rotatable bonds is 9. The molecule has 1 saturated heterocycles. The van der Waals surface area contributed by atoms with Gasteiger partial charge in [-0.1, -0.05) is 11.6 Å². The molecule has 0 aromatic heterocycles. The van der Waals surface area contributed by atoms with E-state index in [1.807, 2.05) is 0 Å². The number of halogens is 4. The highest BCUT2D eigenvalue weighted by Crippen LogP contribution is 2.30. The number of carbonyl (C=O) groups excluding carboxylic acids is 1. The molecule has 9 heteroatoms. The second-order valence-electron chi connectivity index (χ2n) is 7.88. The van der Waals surface area contributed by atoms with Gasteiger partial charge in [0.15, 0.2) is 11.5 Å². The lowest BCUT2D eigenvalue weighted by atomic mass is 10.1. The van der Waals surface area contributed by atoms with Gasteiger partial charge in [0.1, 0.15) is 11.6 Å². The largest absolute Gasteiger partial charge is 0.493 e. The Morgan fingerprint density at radius 1 is 1.21 bits per heavy atom. The van der Waals surface area contributed by atoms with Crippen molar-refractivity contribution < 1.29 is 31.8 Å². The van der Waals surface area contributed by atoms with Crippen molar-refractivity contribution in [3.05, 3.63) is 64.7 Å². The van der Waals surface area contributed by atoms with Crippen molar-refractivity contribution in [1.82, 2.24) is 10.2 Å². The van der Waals surface area contributed by atoms with Crippen LogP contribution in [-0.2, 0) is 0 Å². The van der Waals surface area contributed by atoms with E-state index in [-0.39, 0.29) is 41.1 Å². The minimum atomic E-state index is -3.02. The van der Waals surface area contributed by atoms with Crippen LogP contribution in [0.4, 0.5) is 17.6 Å². The molecular weight excluding hydrogens is 440 g/mol. The topological polar surface area (TPSA) is 50.8 Å². The summed E-state index contributed by atoms with van der Waals surface area (Å²) in [5.41, 5.74) is 1.15. The average Bonchev–Trinajstić information content (AvgIpc) is 3.28. The number of nitrogens with zero attached hydrogens (tertiary/aromatic N) is 1. The summed E-state index contributed by atoms with van der Waals surface area (Å²) in [6, 6.07) is 7.44. The van der Waals surface area contributed by atoms with E-state index in [0.717, 1.165) is 25.5 Å². The van der Waals surface area contributed by atoms with Gasteiger partial charge in [0.25, 0.3) is 5.91 Å². The fourth-order valence-electron chi connectivity index (χ4n) is 3.81. The minimum Gasteiger partial charge on any atom is -0.493 e. The molecule has 2 aromatic rings. The summed E-state index contributed by atoms with van der Waals surface area (Å²) in [6.07, 6.45) is 3.47. The summed E-state index contributed by atoms with van der Waals surface area (Å²) in [5.74, 6) is -1.85. The molecule has 0 saturated carbocycles. The van der Waals surface area contributed by atoms with Gasteiger partial charge in [0.05, 0.1) is 7.11 Å². The summed E-state index contributed by atoms with van der Waals surface area (Å²) >= 11 is 0. The predicted molar refractivity (Wildman–Crippen MR) is 117 cm³/mol. The van der Waals surface area contributed by atoms with Crippen LogP contribution in [0.15, 0.2) is 42.0 Å². The van der Waals surface area contributed by atoms with Crippen LogP contribution in [-0.4, -0.2) is 50.2 Å². The first-order valence-corrected chi connectivity index (χ1v) is 10.5. The third-order valence-corrected chi connectivity index (χ3v) is 5.32. The Bertz CT molecular complexity index is 1010. The molecule has 33 heavy (non-hydrogen) atoms. The number of nitrogens with one attached hydrogen (secondary N) is 1. The summed E-state index contributed by atoms with van der Waals surface area (Å²) in [4.78, 5) is 14.9. The van der Waals surface area contributed by atoms with Gasteiger partial charge in [-0.25, -0.2) is 8.78 Å². The lowest BCUT2D eigenvalue weighted by Crippen LogP contribution is -2.42. The van der Waals surface area contributed by atoms with E-state index in [1.54, 1.807) is 17.9 Å². The SMILES string of the molecule is COc1cc(C(=O)N(C/C(C)=C/c2ccc(F)cc2F)CC2CCCN2)ccc1OC(F)F. The molecule has 1 unspecified atom stereocenters. The van der Waals surface area contributed by atoms with E-state index in [4.69, 9.17) is 4.74 Å². The quantitative estimate of drug-likeness (QED) is 0.536. The zero-order chi connectivity index (χ0) is 24.0. The number of ether oxygens (including phenoxy) is 2. The van der Waals surface area contributed by atoms with Crippen molar-refractivity contribution in [2.45, 2.75) is 32.4 Å². The molecule has 0 spiro atoms. The normalized spacial score (nSPS) is 16.2. The summed E-state index contributed by atoms with van der Waals surface area (Å²) in [6.45, 7) is 0.199. The van der Waals surface area contributed by atoms with Crippen molar-refractivity contribution in [3.8, 4) is 11.5 Å². The van der Waals surface area contributed by atoms with Gasteiger partial charge in [-0.15, -0.1) is 0 Å². The highest BCUT2D eigenvalue weighted by atomic mass is 19.3. The zero-order valence-corrected chi connectivity index (χ0v) is 18.4. The average molecular weight is 466 g/mol. The number of alkyl halides is 2. The van der Waals surface area contributed by atoms with Crippen LogP contribution in [0.3, 0.4) is 0 Å². The Hall–Kier alpha value is -3.07. The third kappa shape index (κ3) is 6.71. The maximum absolute atomic E-state index is 14.1. The monoisotopic (exact) mass is 466 g/mol. The first kappa shape index (κ1) is 24.6. The van der Waals surface area contributed by atoms with Gasteiger partial charge in [0.2, 0.25) is 0 Å². The summed E-state index contributed by atoms with van der Waals surface area (Å²) in [7, 11) is 1.30. The van der Waals surface area contributed by atoms with E-state index in [9.17, 15) is 22.4 Å². The van der Waals surface area contributed by atoms with E-state index >= 15 is 0 Å². The Balaban J connectivity index is 1.85. The number of amides is 1. The van der Waals surface area contributed by atoms with Crippen molar-refractivity contribution in [1.29, 1.82) is 0 Å². The summed E-state index contributed by atoms with van der Waals surface area (Å²) in [5, 5.41) is 3.34. The molecule has 2 aromatic carbocycles.